The smallest absolute Gasteiger partial charge is 0.153 e. The molecule has 0 atom stereocenters. The fraction of sp³-hybridized carbons (Fsp3) is 0.0556. The highest BCUT2D eigenvalue weighted by molar-refractivity contribution is 5.89. The van der Waals surface area contributed by atoms with Crippen LogP contribution in [-0.4, -0.2) is 15.2 Å². The van der Waals surface area contributed by atoms with E-state index in [1.54, 1.807) is 18.5 Å². The first-order valence-electron chi connectivity index (χ1n) is 7.15. The minimum absolute atomic E-state index is 0.530. The third-order valence-corrected chi connectivity index (χ3v) is 3.79. The van der Waals surface area contributed by atoms with Crippen LogP contribution in [-0.2, 0) is 0 Å². The van der Waals surface area contributed by atoms with Gasteiger partial charge >= 0.3 is 0 Å². The van der Waals surface area contributed by atoms with Gasteiger partial charge in [-0.05, 0) is 30.7 Å². The van der Waals surface area contributed by atoms with Gasteiger partial charge in [-0.3, -0.25) is 10.1 Å². The van der Waals surface area contributed by atoms with Crippen molar-refractivity contribution in [2.24, 2.45) is 0 Å². The van der Waals surface area contributed by atoms with Gasteiger partial charge in [0.1, 0.15) is 17.3 Å². The van der Waals surface area contributed by atoms with E-state index in [0.717, 1.165) is 33.1 Å². The van der Waals surface area contributed by atoms with Crippen LogP contribution < -0.4 is 4.74 Å². The second kappa shape index (κ2) is 5.11. The van der Waals surface area contributed by atoms with Crippen molar-refractivity contribution < 1.29 is 4.74 Å². The molecular weight excluding hydrogens is 288 g/mol. The zero-order valence-corrected chi connectivity index (χ0v) is 12.4. The lowest BCUT2D eigenvalue weighted by Crippen LogP contribution is -1.91. The van der Waals surface area contributed by atoms with Crippen molar-refractivity contribution in [1.82, 2.24) is 15.2 Å². The highest BCUT2D eigenvalue weighted by atomic mass is 16.5. The Kier molecular flexibility index (Phi) is 2.95. The molecule has 0 spiro atoms. The predicted octanol–water partition coefficient (Wildman–Crippen LogP) is 4.08. The van der Waals surface area contributed by atoms with Gasteiger partial charge in [0.25, 0.3) is 0 Å². The quantitative estimate of drug-likeness (QED) is 0.605. The first-order chi connectivity index (χ1) is 11.3. The first-order valence-corrected chi connectivity index (χ1v) is 7.15. The lowest BCUT2D eigenvalue weighted by atomic mass is 10.1. The molecule has 1 N–H and O–H groups in total. The summed E-state index contributed by atoms with van der Waals surface area (Å²) in [5.41, 5.74) is 3.20. The number of ether oxygens (including phenoxy) is 1. The molecular formula is C18H12N4O. The van der Waals surface area contributed by atoms with E-state index in [2.05, 4.69) is 21.3 Å². The van der Waals surface area contributed by atoms with E-state index in [4.69, 9.17) is 10.00 Å². The standard InChI is InChI=1S/C18H12N4O/c1-11-5-6-15-14(10-21-22-15)18(11)23-16-4-2-3-13-7-12(8-19)9-20-17(13)16/h2-7,9-10H,1H3,(H,21,22). The third-order valence-electron chi connectivity index (χ3n) is 3.79. The first kappa shape index (κ1) is 13.3. The molecule has 0 saturated heterocycles. The molecule has 4 rings (SSSR count). The Morgan fingerprint density at radius 2 is 2.09 bits per heavy atom. The number of hydrogen-bond acceptors (Lipinski definition) is 4. The minimum Gasteiger partial charge on any atom is -0.454 e. The lowest BCUT2D eigenvalue weighted by Gasteiger charge is -2.11. The topological polar surface area (TPSA) is 74.6 Å². The van der Waals surface area contributed by atoms with E-state index in [-0.39, 0.29) is 0 Å². The molecule has 0 saturated carbocycles. The predicted molar refractivity (Wildman–Crippen MR) is 87.4 cm³/mol. The van der Waals surface area contributed by atoms with Crippen molar-refractivity contribution in [3.05, 3.63) is 59.9 Å². The summed E-state index contributed by atoms with van der Waals surface area (Å²) in [7, 11) is 0. The SMILES string of the molecule is Cc1ccc2[nH]ncc2c1Oc1cccc2cc(C#N)cnc12. The van der Waals surface area contributed by atoms with Crippen LogP contribution in [0.4, 0.5) is 0 Å². The van der Waals surface area contributed by atoms with Gasteiger partial charge in [-0.15, -0.1) is 0 Å². The van der Waals surface area contributed by atoms with Crippen LogP contribution in [0.5, 0.6) is 11.5 Å². The summed E-state index contributed by atoms with van der Waals surface area (Å²) in [5.74, 6) is 1.42. The molecule has 5 nitrogen and oxygen atoms in total. The van der Waals surface area contributed by atoms with E-state index >= 15 is 0 Å². The molecule has 5 heteroatoms. The summed E-state index contributed by atoms with van der Waals surface area (Å²) in [6, 6.07) is 13.6. The number of nitriles is 1. The molecule has 0 bridgehead atoms. The number of aromatic amines is 1. The van der Waals surface area contributed by atoms with E-state index in [0.29, 0.717) is 11.3 Å². The van der Waals surface area contributed by atoms with Crippen LogP contribution in [0.25, 0.3) is 21.8 Å². The van der Waals surface area contributed by atoms with Gasteiger partial charge in [0, 0.05) is 11.6 Å². The van der Waals surface area contributed by atoms with Crippen molar-refractivity contribution in [2.75, 3.05) is 0 Å². The molecule has 110 valence electrons. The van der Waals surface area contributed by atoms with Gasteiger partial charge in [0.05, 0.1) is 22.7 Å². The summed E-state index contributed by atoms with van der Waals surface area (Å²) >= 11 is 0. The second-order valence-corrected chi connectivity index (χ2v) is 5.31. The summed E-state index contributed by atoms with van der Waals surface area (Å²) in [6.07, 6.45) is 3.31. The number of aromatic nitrogens is 3. The summed E-state index contributed by atoms with van der Waals surface area (Å²) in [6.45, 7) is 1.99. The Morgan fingerprint density at radius 3 is 2.96 bits per heavy atom. The largest absolute Gasteiger partial charge is 0.454 e. The van der Waals surface area contributed by atoms with Crippen molar-refractivity contribution in [3.63, 3.8) is 0 Å². The highest BCUT2D eigenvalue weighted by Gasteiger charge is 2.11. The zero-order chi connectivity index (χ0) is 15.8. The number of benzene rings is 2. The molecule has 0 amide bonds. The van der Waals surface area contributed by atoms with Crippen LogP contribution in [0.15, 0.2) is 48.8 Å². The lowest BCUT2D eigenvalue weighted by molar-refractivity contribution is 0.489. The molecule has 0 unspecified atom stereocenters. The average Bonchev–Trinajstić information content (AvgIpc) is 3.06. The Hall–Kier alpha value is -3.39. The van der Waals surface area contributed by atoms with Crippen LogP contribution in [0.1, 0.15) is 11.1 Å². The van der Waals surface area contributed by atoms with Crippen LogP contribution >= 0.6 is 0 Å². The Morgan fingerprint density at radius 1 is 1.17 bits per heavy atom. The number of nitrogens with one attached hydrogen (secondary N) is 1. The number of hydrogen-bond donors (Lipinski definition) is 1. The molecule has 2 heterocycles. The molecule has 0 aliphatic rings. The number of rotatable bonds is 2. The minimum atomic E-state index is 0.530. The average molecular weight is 300 g/mol. The summed E-state index contributed by atoms with van der Waals surface area (Å²) in [5, 5.41) is 17.8. The van der Waals surface area contributed by atoms with Gasteiger partial charge in [0.15, 0.2) is 5.75 Å². The van der Waals surface area contributed by atoms with Crippen LogP contribution in [0, 0.1) is 18.3 Å². The molecule has 23 heavy (non-hydrogen) atoms. The van der Waals surface area contributed by atoms with Gasteiger partial charge in [0.2, 0.25) is 0 Å². The Balaban J connectivity index is 1.88. The zero-order valence-electron chi connectivity index (χ0n) is 12.4. The molecule has 0 fully saturated rings. The van der Waals surface area contributed by atoms with Crippen molar-refractivity contribution in [1.29, 1.82) is 5.26 Å². The summed E-state index contributed by atoms with van der Waals surface area (Å²) in [4.78, 5) is 4.37. The third kappa shape index (κ3) is 2.17. The maximum Gasteiger partial charge on any atom is 0.153 e. The molecule has 2 aromatic heterocycles. The Labute approximate surface area is 132 Å². The molecule has 0 radical (unpaired) electrons. The number of nitrogens with zero attached hydrogens (tertiary/aromatic N) is 3. The van der Waals surface area contributed by atoms with Gasteiger partial charge in [-0.1, -0.05) is 18.2 Å². The van der Waals surface area contributed by atoms with Crippen LogP contribution in [0.3, 0.4) is 0 Å². The number of pyridine rings is 1. The van der Waals surface area contributed by atoms with Gasteiger partial charge in [-0.25, -0.2) is 0 Å². The van der Waals surface area contributed by atoms with Crippen molar-refractivity contribution >= 4 is 21.8 Å². The second-order valence-electron chi connectivity index (χ2n) is 5.31. The molecule has 0 aliphatic carbocycles. The molecule has 2 aromatic carbocycles. The normalized spacial score (nSPS) is 10.8. The monoisotopic (exact) mass is 300 g/mol. The van der Waals surface area contributed by atoms with E-state index in [9.17, 15) is 0 Å². The van der Waals surface area contributed by atoms with Crippen LogP contribution in [0.2, 0.25) is 0 Å². The molecule has 4 aromatic rings. The maximum absolute atomic E-state index is 9.00. The van der Waals surface area contributed by atoms with E-state index < -0.39 is 0 Å². The number of H-pyrrole nitrogens is 1. The van der Waals surface area contributed by atoms with Crippen molar-refractivity contribution in [2.45, 2.75) is 6.92 Å². The number of para-hydroxylation sites is 1. The van der Waals surface area contributed by atoms with Gasteiger partial charge < -0.3 is 4.74 Å². The number of aryl methyl sites for hydroxylation is 1. The highest BCUT2D eigenvalue weighted by Crippen LogP contribution is 2.35. The summed E-state index contributed by atoms with van der Waals surface area (Å²) < 4.78 is 6.16. The maximum atomic E-state index is 9.00. The Bertz CT molecular complexity index is 1080. The fourth-order valence-corrected chi connectivity index (χ4v) is 2.62. The van der Waals surface area contributed by atoms with Crippen molar-refractivity contribution in [3.8, 4) is 17.6 Å². The van der Waals surface area contributed by atoms with E-state index in [1.807, 2.05) is 37.3 Å². The number of fused-ring (bicyclic) bond motifs is 2. The molecule has 0 aliphatic heterocycles. The fourth-order valence-electron chi connectivity index (χ4n) is 2.62. The van der Waals surface area contributed by atoms with Gasteiger partial charge in [-0.2, -0.15) is 10.4 Å². The van der Waals surface area contributed by atoms with E-state index in [1.165, 1.54) is 0 Å².